The Morgan fingerprint density at radius 2 is 1.87 bits per heavy atom. The average Bonchev–Trinajstić information content (AvgIpc) is 3.15. The predicted molar refractivity (Wildman–Crippen MR) is 91.1 cm³/mol. The van der Waals surface area contributed by atoms with Gasteiger partial charge < -0.3 is 14.6 Å². The van der Waals surface area contributed by atoms with E-state index in [0.29, 0.717) is 11.9 Å². The zero-order chi connectivity index (χ0) is 16.1. The topological polar surface area (TPSA) is 54.2 Å². The van der Waals surface area contributed by atoms with Crippen molar-refractivity contribution in [1.82, 2.24) is 10.2 Å². The number of fused-ring (bicyclic) bond motifs is 2. The molecule has 122 valence electrons. The second-order valence-corrected chi connectivity index (χ2v) is 7.81. The Bertz CT molecular complexity index is 708. The Balaban J connectivity index is 1.51. The first kappa shape index (κ1) is 14.5. The summed E-state index contributed by atoms with van der Waals surface area (Å²) in [7, 11) is 0. The van der Waals surface area contributed by atoms with Gasteiger partial charge in [-0.3, -0.25) is 0 Å². The monoisotopic (exact) mass is 312 g/mol. The van der Waals surface area contributed by atoms with Crippen LogP contribution in [-0.2, 0) is 10.8 Å². The second-order valence-electron chi connectivity index (χ2n) is 7.81. The highest BCUT2D eigenvalue weighted by Crippen LogP contribution is 2.44. The van der Waals surface area contributed by atoms with Gasteiger partial charge in [-0.2, -0.15) is 0 Å². The minimum Gasteiger partial charge on any atom is -0.407 e. The fourth-order valence-corrected chi connectivity index (χ4v) is 3.68. The summed E-state index contributed by atoms with van der Waals surface area (Å²) in [5, 5.41) is 12.0. The van der Waals surface area contributed by atoms with E-state index in [2.05, 4.69) is 65.5 Å². The quantitative estimate of drug-likeness (QED) is 0.875. The molecule has 23 heavy (non-hydrogen) atoms. The fourth-order valence-electron chi connectivity index (χ4n) is 3.68. The van der Waals surface area contributed by atoms with Crippen LogP contribution in [0.2, 0.25) is 0 Å². The van der Waals surface area contributed by atoms with E-state index in [0.717, 1.165) is 32.5 Å². The first-order valence-corrected chi connectivity index (χ1v) is 8.40. The first-order valence-electron chi connectivity index (χ1n) is 8.40. The minimum absolute atomic E-state index is 0.101. The molecule has 0 amide bonds. The zero-order valence-electron chi connectivity index (χ0n) is 14.1. The van der Waals surface area contributed by atoms with E-state index < -0.39 is 0 Å². The van der Waals surface area contributed by atoms with Gasteiger partial charge in [0.15, 0.2) is 0 Å². The lowest BCUT2D eigenvalue weighted by Gasteiger charge is -2.38. The van der Waals surface area contributed by atoms with Crippen molar-refractivity contribution in [2.75, 3.05) is 29.9 Å². The van der Waals surface area contributed by atoms with Crippen molar-refractivity contribution >= 4 is 11.7 Å². The molecule has 0 radical (unpaired) electrons. The van der Waals surface area contributed by atoms with E-state index in [4.69, 9.17) is 4.42 Å². The van der Waals surface area contributed by atoms with E-state index in [1.165, 1.54) is 11.3 Å². The van der Waals surface area contributed by atoms with Crippen molar-refractivity contribution in [1.29, 1.82) is 0 Å². The van der Waals surface area contributed by atoms with Crippen LogP contribution in [0.25, 0.3) is 0 Å². The second kappa shape index (κ2) is 4.98. The van der Waals surface area contributed by atoms with Crippen LogP contribution in [0.4, 0.5) is 11.7 Å². The Labute approximate surface area is 137 Å². The molecule has 0 unspecified atom stereocenters. The van der Waals surface area contributed by atoms with Gasteiger partial charge >= 0.3 is 6.01 Å². The summed E-state index contributed by atoms with van der Waals surface area (Å²) >= 11 is 0. The van der Waals surface area contributed by atoms with Gasteiger partial charge in [-0.05, 0) is 24.5 Å². The van der Waals surface area contributed by atoms with Crippen LogP contribution in [0, 0.1) is 0 Å². The molecule has 0 saturated carbocycles. The number of para-hydroxylation sites is 1. The summed E-state index contributed by atoms with van der Waals surface area (Å²) in [5.41, 5.74) is 2.94. The van der Waals surface area contributed by atoms with Gasteiger partial charge in [-0.25, -0.2) is 0 Å². The molecule has 2 aliphatic heterocycles. The summed E-state index contributed by atoms with van der Waals surface area (Å²) in [6.45, 7) is 9.24. The maximum absolute atomic E-state index is 5.90. The molecule has 0 bridgehead atoms. The molecule has 1 spiro atoms. The highest BCUT2D eigenvalue weighted by Gasteiger charge is 2.42. The van der Waals surface area contributed by atoms with Gasteiger partial charge in [0.25, 0.3) is 0 Å². The van der Waals surface area contributed by atoms with Crippen LogP contribution >= 0.6 is 0 Å². The number of aromatic nitrogens is 2. The normalized spacial score (nSPS) is 19.7. The molecule has 2 aromatic rings. The van der Waals surface area contributed by atoms with E-state index in [1.54, 1.807) is 0 Å². The van der Waals surface area contributed by atoms with Gasteiger partial charge in [-0.1, -0.05) is 44.1 Å². The van der Waals surface area contributed by atoms with Crippen molar-refractivity contribution in [2.45, 2.75) is 44.4 Å². The Kier molecular flexibility index (Phi) is 3.15. The molecule has 4 rings (SSSR count). The standard InChI is InChI=1S/C18H24N4O/c1-17(2,3)15-20-21-16(23-15)22-10-8-18(9-11-22)12-19-14-7-5-4-6-13(14)18/h4-7,19H,8-12H2,1-3H3. The molecule has 1 fully saturated rings. The summed E-state index contributed by atoms with van der Waals surface area (Å²) < 4.78 is 5.90. The SMILES string of the molecule is CC(C)(C)c1nnc(N2CCC3(CC2)CNc2ccccc23)o1. The fraction of sp³-hybridized carbons (Fsp3) is 0.556. The molecule has 0 aliphatic carbocycles. The van der Waals surface area contributed by atoms with Gasteiger partial charge in [0, 0.05) is 36.2 Å². The number of anilines is 2. The van der Waals surface area contributed by atoms with E-state index in [9.17, 15) is 0 Å². The van der Waals surface area contributed by atoms with Gasteiger partial charge in [0.2, 0.25) is 5.89 Å². The first-order chi connectivity index (χ1) is 11.0. The van der Waals surface area contributed by atoms with Crippen LogP contribution in [0.1, 0.15) is 45.1 Å². The highest BCUT2D eigenvalue weighted by atomic mass is 16.4. The third-order valence-corrected chi connectivity index (χ3v) is 5.16. The summed E-state index contributed by atoms with van der Waals surface area (Å²) in [4.78, 5) is 2.23. The van der Waals surface area contributed by atoms with E-state index in [-0.39, 0.29) is 10.8 Å². The molecule has 3 heterocycles. The molecule has 1 N–H and O–H groups in total. The van der Waals surface area contributed by atoms with Crippen molar-refractivity contribution < 1.29 is 4.42 Å². The molecule has 5 heteroatoms. The number of rotatable bonds is 1. The molecule has 1 saturated heterocycles. The Morgan fingerprint density at radius 3 is 2.57 bits per heavy atom. The maximum Gasteiger partial charge on any atom is 0.318 e. The van der Waals surface area contributed by atoms with Gasteiger partial charge in [0.1, 0.15) is 0 Å². The van der Waals surface area contributed by atoms with Crippen LogP contribution < -0.4 is 10.2 Å². The molecule has 0 atom stereocenters. The van der Waals surface area contributed by atoms with Crippen molar-refractivity contribution in [3.63, 3.8) is 0 Å². The predicted octanol–water partition coefficient (Wildman–Crippen LogP) is 3.33. The molecular weight excluding hydrogens is 288 g/mol. The third-order valence-electron chi connectivity index (χ3n) is 5.16. The smallest absolute Gasteiger partial charge is 0.318 e. The largest absolute Gasteiger partial charge is 0.407 e. The van der Waals surface area contributed by atoms with Crippen LogP contribution in [0.5, 0.6) is 0 Å². The van der Waals surface area contributed by atoms with Crippen molar-refractivity contribution in [2.24, 2.45) is 0 Å². The summed E-state index contributed by atoms with van der Waals surface area (Å²) in [6, 6.07) is 9.38. The summed E-state index contributed by atoms with van der Waals surface area (Å²) in [6.07, 6.45) is 2.23. The van der Waals surface area contributed by atoms with Crippen molar-refractivity contribution in [3.8, 4) is 0 Å². The maximum atomic E-state index is 5.90. The van der Waals surface area contributed by atoms with Crippen LogP contribution in [-0.4, -0.2) is 29.8 Å². The lowest BCUT2D eigenvalue weighted by Crippen LogP contribution is -2.44. The highest BCUT2D eigenvalue weighted by molar-refractivity contribution is 5.60. The van der Waals surface area contributed by atoms with Crippen LogP contribution in [0.15, 0.2) is 28.7 Å². The number of hydrogen-bond acceptors (Lipinski definition) is 5. The molecule has 1 aromatic carbocycles. The molecule has 1 aromatic heterocycles. The summed E-state index contributed by atoms with van der Waals surface area (Å²) in [5.74, 6) is 0.709. The minimum atomic E-state index is -0.101. The lowest BCUT2D eigenvalue weighted by molar-refractivity contribution is 0.338. The zero-order valence-corrected chi connectivity index (χ0v) is 14.1. The molecule has 2 aliphatic rings. The lowest BCUT2D eigenvalue weighted by atomic mass is 9.74. The van der Waals surface area contributed by atoms with Crippen molar-refractivity contribution in [3.05, 3.63) is 35.7 Å². The Morgan fingerprint density at radius 1 is 1.13 bits per heavy atom. The van der Waals surface area contributed by atoms with Crippen LogP contribution in [0.3, 0.4) is 0 Å². The number of nitrogens with zero attached hydrogens (tertiary/aromatic N) is 3. The molecule has 5 nitrogen and oxygen atoms in total. The number of hydrogen-bond donors (Lipinski definition) is 1. The third kappa shape index (κ3) is 2.38. The Hall–Kier alpha value is -2.04. The molecular formula is C18H24N4O. The average molecular weight is 312 g/mol. The number of nitrogens with one attached hydrogen (secondary N) is 1. The number of benzene rings is 1. The van der Waals surface area contributed by atoms with Gasteiger partial charge in [-0.15, -0.1) is 5.10 Å². The van der Waals surface area contributed by atoms with Gasteiger partial charge in [0.05, 0.1) is 0 Å². The van der Waals surface area contributed by atoms with E-state index >= 15 is 0 Å². The number of piperidine rings is 1. The van der Waals surface area contributed by atoms with E-state index in [1.807, 2.05) is 0 Å².